The Kier molecular flexibility index (Phi) is 3.11. The largest absolute Gasteiger partial charge is 0.375 e. The van der Waals surface area contributed by atoms with Crippen LogP contribution in [-0.2, 0) is 4.74 Å². The average molecular weight is 241 g/mol. The number of nitrogens with two attached hydrogens (primary N) is 1. The van der Waals surface area contributed by atoms with E-state index in [1.807, 2.05) is 6.92 Å². The molecule has 1 unspecified atom stereocenters. The smallest absolute Gasteiger partial charge is 0.270 e. The molecule has 16 heavy (non-hydrogen) atoms. The van der Waals surface area contributed by atoms with Gasteiger partial charge in [0.05, 0.1) is 5.60 Å². The van der Waals surface area contributed by atoms with Gasteiger partial charge in [-0.2, -0.15) is 0 Å². The van der Waals surface area contributed by atoms with Crippen molar-refractivity contribution in [3.63, 3.8) is 0 Å². The lowest BCUT2D eigenvalue weighted by atomic mass is 10.0. The van der Waals surface area contributed by atoms with E-state index in [9.17, 15) is 4.79 Å². The molecule has 1 aliphatic rings. The first-order valence-electron chi connectivity index (χ1n) is 5.22. The fourth-order valence-electron chi connectivity index (χ4n) is 1.73. The highest BCUT2D eigenvalue weighted by molar-refractivity contribution is 7.13. The number of aromatic nitrogens is 1. The van der Waals surface area contributed by atoms with Gasteiger partial charge in [-0.25, -0.2) is 4.98 Å². The van der Waals surface area contributed by atoms with Gasteiger partial charge >= 0.3 is 0 Å². The molecule has 5 nitrogen and oxygen atoms in total. The molecule has 0 bridgehead atoms. The third-order valence-electron chi connectivity index (χ3n) is 2.68. The lowest BCUT2D eigenvalue weighted by molar-refractivity contribution is 0.0205. The van der Waals surface area contributed by atoms with Crippen LogP contribution in [0, 0.1) is 0 Å². The second-order valence-electron chi connectivity index (χ2n) is 4.16. The van der Waals surface area contributed by atoms with E-state index in [-0.39, 0.29) is 11.5 Å². The Hall–Kier alpha value is -1.14. The Morgan fingerprint density at radius 3 is 3.19 bits per heavy atom. The van der Waals surface area contributed by atoms with E-state index < -0.39 is 0 Å². The molecule has 1 amide bonds. The van der Waals surface area contributed by atoms with Crippen LogP contribution in [-0.4, -0.2) is 29.6 Å². The molecule has 2 heterocycles. The van der Waals surface area contributed by atoms with Crippen LogP contribution in [0.2, 0.25) is 0 Å². The van der Waals surface area contributed by atoms with Crippen molar-refractivity contribution in [2.75, 3.05) is 18.9 Å². The Bertz CT molecular complexity index is 385. The van der Waals surface area contributed by atoms with Crippen LogP contribution in [0.4, 0.5) is 5.13 Å². The number of thiazole rings is 1. The first kappa shape index (κ1) is 11.3. The lowest BCUT2D eigenvalue weighted by Gasteiger charge is -2.22. The maximum Gasteiger partial charge on any atom is 0.270 e. The molecule has 1 atom stereocenters. The quantitative estimate of drug-likeness (QED) is 0.828. The Labute approximate surface area is 98.0 Å². The number of amides is 1. The summed E-state index contributed by atoms with van der Waals surface area (Å²) in [5, 5.41) is 4.89. The van der Waals surface area contributed by atoms with Crippen molar-refractivity contribution in [2.45, 2.75) is 25.4 Å². The van der Waals surface area contributed by atoms with Gasteiger partial charge in [-0.05, 0) is 19.8 Å². The topological polar surface area (TPSA) is 77.2 Å². The van der Waals surface area contributed by atoms with Crippen LogP contribution in [0.25, 0.3) is 0 Å². The minimum Gasteiger partial charge on any atom is -0.375 e. The van der Waals surface area contributed by atoms with Gasteiger partial charge in [0.1, 0.15) is 5.69 Å². The minimum absolute atomic E-state index is 0.190. The maximum absolute atomic E-state index is 11.7. The molecule has 1 saturated heterocycles. The monoisotopic (exact) mass is 241 g/mol. The second kappa shape index (κ2) is 4.39. The number of hydrogen-bond acceptors (Lipinski definition) is 5. The molecule has 88 valence electrons. The van der Waals surface area contributed by atoms with Gasteiger partial charge in [0.15, 0.2) is 5.13 Å². The predicted octanol–water partition coefficient (Wildman–Crippen LogP) is 1.02. The van der Waals surface area contributed by atoms with Gasteiger partial charge in [0.2, 0.25) is 0 Å². The maximum atomic E-state index is 11.7. The van der Waals surface area contributed by atoms with E-state index in [0.717, 1.165) is 19.4 Å². The van der Waals surface area contributed by atoms with Gasteiger partial charge in [-0.1, -0.05) is 0 Å². The molecular formula is C10H15N3O2S. The molecule has 3 N–H and O–H groups in total. The summed E-state index contributed by atoms with van der Waals surface area (Å²) in [5.74, 6) is -0.190. The summed E-state index contributed by atoms with van der Waals surface area (Å²) in [5.41, 5.74) is 5.62. The van der Waals surface area contributed by atoms with E-state index in [1.54, 1.807) is 5.38 Å². The SMILES string of the molecule is CC1(CNC(=O)c2csc(N)n2)CCCO1. The number of anilines is 1. The van der Waals surface area contributed by atoms with E-state index in [2.05, 4.69) is 10.3 Å². The Balaban J connectivity index is 1.88. The summed E-state index contributed by atoms with van der Waals surface area (Å²) in [4.78, 5) is 15.6. The normalized spacial score (nSPS) is 24.6. The standard InChI is InChI=1S/C10H15N3O2S/c1-10(3-2-4-15-10)6-12-8(14)7-5-16-9(11)13-7/h5H,2-4,6H2,1H3,(H2,11,13)(H,12,14). The molecule has 1 aliphatic heterocycles. The second-order valence-corrected chi connectivity index (χ2v) is 5.05. The third-order valence-corrected chi connectivity index (χ3v) is 3.35. The summed E-state index contributed by atoms with van der Waals surface area (Å²) in [6.07, 6.45) is 2.03. The van der Waals surface area contributed by atoms with E-state index in [0.29, 0.717) is 17.4 Å². The highest BCUT2D eigenvalue weighted by Gasteiger charge is 2.30. The molecule has 0 spiro atoms. The Morgan fingerprint density at radius 1 is 1.81 bits per heavy atom. The van der Waals surface area contributed by atoms with E-state index in [4.69, 9.17) is 10.5 Å². The fraction of sp³-hybridized carbons (Fsp3) is 0.600. The predicted molar refractivity (Wildman–Crippen MR) is 62.5 cm³/mol. The van der Waals surface area contributed by atoms with Gasteiger partial charge < -0.3 is 15.8 Å². The summed E-state index contributed by atoms with van der Waals surface area (Å²) in [7, 11) is 0. The van der Waals surface area contributed by atoms with Crippen LogP contribution < -0.4 is 11.1 Å². The highest BCUT2D eigenvalue weighted by atomic mass is 32.1. The number of nitrogens with one attached hydrogen (secondary N) is 1. The number of rotatable bonds is 3. The van der Waals surface area contributed by atoms with Crippen molar-refractivity contribution in [1.29, 1.82) is 0 Å². The molecule has 0 saturated carbocycles. The van der Waals surface area contributed by atoms with Gasteiger partial charge in [0.25, 0.3) is 5.91 Å². The summed E-state index contributed by atoms with van der Waals surface area (Å²) in [6, 6.07) is 0. The average Bonchev–Trinajstić information content (AvgIpc) is 2.85. The van der Waals surface area contributed by atoms with Crippen LogP contribution in [0.5, 0.6) is 0 Å². The zero-order valence-electron chi connectivity index (χ0n) is 9.16. The molecule has 1 aromatic rings. The first-order valence-corrected chi connectivity index (χ1v) is 6.10. The Morgan fingerprint density at radius 2 is 2.62 bits per heavy atom. The summed E-state index contributed by atoms with van der Waals surface area (Å²) >= 11 is 1.26. The zero-order chi connectivity index (χ0) is 11.6. The van der Waals surface area contributed by atoms with Crippen molar-refractivity contribution in [2.24, 2.45) is 0 Å². The lowest BCUT2D eigenvalue weighted by Crippen LogP contribution is -2.40. The molecule has 0 aromatic carbocycles. The minimum atomic E-state index is -0.225. The van der Waals surface area contributed by atoms with Gasteiger partial charge in [-0.15, -0.1) is 11.3 Å². The zero-order valence-corrected chi connectivity index (χ0v) is 9.97. The van der Waals surface area contributed by atoms with E-state index in [1.165, 1.54) is 11.3 Å². The molecule has 1 aromatic heterocycles. The van der Waals surface area contributed by atoms with Crippen LogP contribution in [0.15, 0.2) is 5.38 Å². The van der Waals surface area contributed by atoms with Crippen molar-refractivity contribution < 1.29 is 9.53 Å². The van der Waals surface area contributed by atoms with Crippen LogP contribution in [0.1, 0.15) is 30.3 Å². The number of hydrogen-bond donors (Lipinski definition) is 2. The molecular weight excluding hydrogens is 226 g/mol. The fourth-order valence-corrected chi connectivity index (χ4v) is 2.27. The number of carbonyl (C=O) groups excluding carboxylic acids is 1. The van der Waals surface area contributed by atoms with Crippen molar-refractivity contribution in [1.82, 2.24) is 10.3 Å². The van der Waals surface area contributed by atoms with Gasteiger partial charge in [-0.3, -0.25) is 4.79 Å². The molecule has 0 aliphatic carbocycles. The van der Waals surface area contributed by atoms with Gasteiger partial charge in [0, 0.05) is 18.5 Å². The number of carbonyl (C=O) groups is 1. The van der Waals surface area contributed by atoms with Crippen LogP contribution in [0.3, 0.4) is 0 Å². The van der Waals surface area contributed by atoms with Crippen molar-refractivity contribution >= 4 is 22.4 Å². The summed E-state index contributed by atoms with van der Waals surface area (Å²) in [6.45, 7) is 3.30. The van der Waals surface area contributed by atoms with Crippen molar-refractivity contribution in [3.8, 4) is 0 Å². The van der Waals surface area contributed by atoms with E-state index >= 15 is 0 Å². The first-order chi connectivity index (χ1) is 7.59. The number of nitrogen functional groups attached to an aromatic ring is 1. The summed E-state index contributed by atoms with van der Waals surface area (Å²) < 4.78 is 5.57. The van der Waals surface area contributed by atoms with Crippen LogP contribution >= 0.6 is 11.3 Å². The number of ether oxygens (including phenoxy) is 1. The highest BCUT2D eigenvalue weighted by Crippen LogP contribution is 2.24. The van der Waals surface area contributed by atoms with Crippen molar-refractivity contribution in [3.05, 3.63) is 11.1 Å². The number of nitrogens with zero attached hydrogens (tertiary/aromatic N) is 1. The molecule has 1 fully saturated rings. The molecule has 0 radical (unpaired) electrons. The third kappa shape index (κ3) is 2.51. The molecule has 2 rings (SSSR count). The molecule has 6 heteroatoms.